The van der Waals surface area contributed by atoms with Crippen molar-refractivity contribution in [3.63, 3.8) is 0 Å². The van der Waals surface area contributed by atoms with Crippen LogP contribution in [-0.2, 0) is 11.2 Å². The predicted octanol–water partition coefficient (Wildman–Crippen LogP) is 1.20. The number of nitrogens with one attached hydrogen (secondary N) is 2. The molecular formula is C13H13N3O3. The minimum atomic E-state index is -0.208. The zero-order chi connectivity index (χ0) is 13.6. The van der Waals surface area contributed by atoms with E-state index >= 15 is 0 Å². The monoisotopic (exact) mass is 259 g/mol. The Morgan fingerprint density at radius 3 is 3.05 bits per heavy atom. The number of hydrogen-bond donors (Lipinski definition) is 2. The lowest BCUT2D eigenvalue weighted by Crippen LogP contribution is -2.13. The summed E-state index contributed by atoms with van der Waals surface area (Å²) in [6, 6.07) is 3.48. The average molecular weight is 259 g/mol. The molecule has 0 aliphatic carbocycles. The van der Waals surface area contributed by atoms with Crippen molar-refractivity contribution in [2.45, 2.75) is 26.4 Å². The Kier molecular flexibility index (Phi) is 2.51. The molecule has 98 valence electrons. The molecule has 2 aromatic rings. The fourth-order valence-corrected chi connectivity index (χ4v) is 2.29. The van der Waals surface area contributed by atoms with Crippen molar-refractivity contribution in [3.05, 3.63) is 28.0 Å². The second kappa shape index (κ2) is 4.08. The second-order valence-electron chi connectivity index (χ2n) is 4.67. The van der Waals surface area contributed by atoms with E-state index in [1.54, 1.807) is 12.1 Å². The summed E-state index contributed by atoms with van der Waals surface area (Å²) in [4.78, 5) is 29.9. The molecule has 1 aliphatic rings. The first-order valence-corrected chi connectivity index (χ1v) is 6.05. The smallest absolute Gasteiger partial charge is 0.256 e. The third-order valence-corrected chi connectivity index (χ3v) is 3.03. The molecule has 0 aromatic carbocycles. The number of H-pyrrole nitrogens is 1. The second-order valence-corrected chi connectivity index (χ2v) is 4.67. The van der Waals surface area contributed by atoms with Gasteiger partial charge in [0.25, 0.3) is 5.56 Å². The van der Waals surface area contributed by atoms with Gasteiger partial charge in [0, 0.05) is 13.3 Å². The lowest BCUT2D eigenvalue weighted by molar-refractivity contribution is -0.114. The Labute approximate surface area is 108 Å². The normalized spacial score (nSPS) is 17.1. The molecule has 19 heavy (non-hydrogen) atoms. The van der Waals surface area contributed by atoms with Crippen LogP contribution in [0.1, 0.15) is 19.4 Å². The summed E-state index contributed by atoms with van der Waals surface area (Å²) in [5, 5.41) is 3.34. The Morgan fingerprint density at radius 2 is 2.32 bits per heavy atom. The number of fused-ring (bicyclic) bond motifs is 3. The molecule has 1 unspecified atom stereocenters. The van der Waals surface area contributed by atoms with Crippen molar-refractivity contribution < 1.29 is 9.53 Å². The number of aromatic nitrogens is 2. The minimum Gasteiger partial charge on any atom is -0.489 e. The maximum atomic E-state index is 11.9. The third-order valence-electron chi connectivity index (χ3n) is 3.03. The molecule has 2 N–H and O–H groups in total. The summed E-state index contributed by atoms with van der Waals surface area (Å²) in [7, 11) is 0. The molecule has 0 radical (unpaired) electrons. The van der Waals surface area contributed by atoms with E-state index in [2.05, 4.69) is 15.3 Å². The SMILES string of the molecule is CC(=O)Nc1ccc2c3c(c(=O)[nH]c2n1)CC(C)O3. The highest BCUT2D eigenvalue weighted by Crippen LogP contribution is 2.32. The Morgan fingerprint density at radius 1 is 1.53 bits per heavy atom. The average Bonchev–Trinajstić information content (AvgIpc) is 2.70. The van der Waals surface area contributed by atoms with Crippen LogP contribution in [0.25, 0.3) is 11.0 Å². The van der Waals surface area contributed by atoms with Crippen LogP contribution in [0.3, 0.4) is 0 Å². The zero-order valence-corrected chi connectivity index (χ0v) is 10.6. The van der Waals surface area contributed by atoms with Gasteiger partial charge in [-0.3, -0.25) is 9.59 Å². The van der Waals surface area contributed by atoms with Gasteiger partial charge < -0.3 is 15.0 Å². The Hall–Kier alpha value is -2.37. The lowest BCUT2D eigenvalue weighted by Gasteiger charge is -2.07. The number of carbonyl (C=O) groups excluding carboxylic acids is 1. The van der Waals surface area contributed by atoms with Gasteiger partial charge in [0.1, 0.15) is 23.3 Å². The summed E-state index contributed by atoms with van der Waals surface area (Å²) >= 11 is 0. The fraction of sp³-hybridized carbons (Fsp3) is 0.308. The van der Waals surface area contributed by atoms with Crippen molar-refractivity contribution in [3.8, 4) is 5.75 Å². The maximum absolute atomic E-state index is 11.9. The van der Waals surface area contributed by atoms with E-state index in [0.29, 0.717) is 29.2 Å². The van der Waals surface area contributed by atoms with Crippen molar-refractivity contribution in [1.29, 1.82) is 0 Å². The van der Waals surface area contributed by atoms with E-state index in [9.17, 15) is 9.59 Å². The number of nitrogens with zero attached hydrogens (tertiary/aromatic N) is 1. The van der Waals surface area contributed by atoms with E-state index in [1.165, 1.54) is 6.92 Å². The highest BCUT2D eigenvalue weighted by Gasteiger charge is 2.25. The minimum absolute atomic E-state index is 0.00304. The first-order chi connectivity index (χ1) is 9.04. The summed E-state index contributed by atoms with van der Waals surface area (Å²) in [6.07, 6.45) is 0.602. The van der Waals surface area contributed by atoms with Gasteiger partial charge in [0.15, 0.2) is 0 Å². The van der Waals surface area contributed by atoms with Gasteiger partial charge in [0.2, 0.25) is 5.91 Å². The van der Waals surface area contributed by atoms with Gasteiger partial charge >= 0.3 is 0 Å². The lowest BCUT2D eigenvalue weighted by atomic mass is 10.1. The number of carbonyl (C=O) groups is 1. The highest BCUT2D eigenvalue weighted by atomic mass is 16.5. The van der Waals surface area contributed by atoms with Crippen molar-refractivity contribution in [2.24, 2.45) is 0 Å². The van der Waals surface area contributed by atoms with Crippen LogP contribution in [0.4, 0.5) is 5.82 Å². The molecule has 0 spiro atoms. The highest BCUT2D eigenvalue weighted by molar-refractivity contribution is 5.90. The van der Waals surface area contributed by atoms with Crippen LogP contribution in [0.5, 0.6) is 5.75 Å². The number of hydrogen-bond acceptors (Lipinski definition) is 4. The van der Waals surface area contributed by atoms with Gasteiger partial charge in [-0.1, -0.05) is 0 Å². The molecule has 0 fully saturated rings. The largest absolute Gasteiger partial charge is 0.489 e. The maximum Gasteiger partial charge on any atom is 0.256 e. The van der Waals surface area contributed by atoms with Gasteiger partial charge in [-0.25, -0.2) is 4.98 Å². The molecule has 6 heteroatoms. The van der Waals surface area contributed by atoms with E-state index in [0.717, 1.165) is 5.39 Å². The van der Waals surface area contributed by atoms with Crippen LogP contribution in [0, 0.1) is 0 Å². The molecule has 1 amide bonds. The topological polar surface area (TPSA) is 84.1 Å². The van der Waals surface area contributed by atoms with E-state index in [4.69, 9.17) is 4.74 Å². The standard InChI is InChI=1S/C13H13N3O3/c1-6-5-9-11(19-6)8-3-4-10(14-7(2)17)15-12(8)16-13(9)18/h3-4,6H,5H2,1-2H3,(H2,14,15,16,17,18). The van der Waals surface area contributed by atoms with Gasteiger partial charge in [0.05, 0.1) is 10.9 Å². The number of rotatable bonds is 1. The summed E-state index contributed by atoms with van der Waals surface area (Å²) in [5.41, 5.74) is 0.900. The zero-order valence-electron chi connectivity index (χ0n) is 10.6. The first kappa shape index (κ1) is 11.7. The molecule has 1 atom stereocenters. The number of amides is 1. The number of anilines is 1. The van der Waals surface area contributed by atoms with E-state index in [-0.39, 0.29) is 17.6 Å². The molecule has 2 aromatic heterocycles. The molecule has 0 saturated carbocycles. The summed E-state index contributed by atoms with van der Waals surface area (Å²) in [6.45, 7) is 3.33. The number of ether oxygens (including phenoxy) is 1. The van der Waals surface area contributed by atoms with Crippen LogP contribution in [0.2, 0.25) is 0 Å². The van der Waals surface area contributed by atoms with Crippen molar-refractivity contribution in [2.75, 3.05) is 5.32 Å². The van der Waals surface area contributed by atoms with Crippen LogP contribution in [0.15, 0.2) is 16.9 Å². The molecule has 3 heterocycles. The fourth-order valence-electron chi connectivity index (χ4n) is 2.29. The molecule has 3 rings (SSSR count). The van der Waals surface area contributed by atoms with E-state index < -0.39 is 0 Å². The van der Waals surface area contributed by atoms with Crippen molar-refractivity contribution >= 4 is 22.8 Å². The predicted molar refractivity (Wildman–Crippen MR) is 70.5 cm³/mol. The third kappa shape index (κ3) is 1.95. The van der Waals surface area contributed by atoms with Crippen LogP contribution < -0.4 is 15.6 Å². The number of aromatic amines is 1. The van der Waals surface area contributed by atoms with Crippen molar-refractivity contribution in [1.82, 2.24) is 9.97 Å². The van der Waals surface area contributed by atoms with Crippen LogP contribution >= 0.6 is 0 Å². The molecule has 0 bridgehead atoms. The Bertz CT molecular complexity index is 736. The number of pyridine rings is 2. The van der Waals surface area contributed by atoms with Crippen LogP contribution in [-0.4, -0.2) is 22.0 Å². The van der Waals surface area contributed by atoms with Gasteiger partial charge in [-0.2, -0.15) is 0 Å². The molecule has 0 saturated heterocycles. The Balaban J connectivity index is 2.19. The molecule has 6 nitrogen and oxygen atoms in total. The quantitative estimate of drug-likeness (QED) is 0.806. The molecular weight excluding hydrogens is 246 g/mol. The summed E-state index contributed by atoms with van der Waals surface area (Å²) in [5.74, 6) is 0.801. The first-order valence-electron chi connectivity index (χ1n) is 6.05. The van der Waals surface area contributed by atoms with Gasteiger partial charge in [-0.15, -0.1) is 0 Å². The summed E-state index contributed by atoms with van der Waals surface area (Å²) < 4.78 is 5.67. The van der Waals surface area contributed by atoms with E-state index in [1.807, 2.05) is 6.92 Å². The van der Waals surface area contributed by atoms with Gasteiger partial charge in [-0.05, 0) is 19.1 Å². The molecule has 1 aliphatic heterocycles.